The summed E-state index contributed by atoms with van der Waals surface area (Å²) < 4.78 is 6.23. The molecule has 0 radical (unpaired) electrons. The fourth-order valence-electron chi connectivity index (χ4n) is 2.44. The summed E-state index contributed by atoms with van der Waals surface area (Å²) in [6, 6.07) is 11.1. The van der Waals surface area contributed by atoms with Crippen LogP contribution >= 0.6 is 15.9 Å². The van der Waals surface area contributed by atoms with Crippen LogP contribution in [0.4, 0.5) is 0 Å². The van der Waals surface area contributed by atoms with Crippen molar-refractivity contribution < 1.29 is 9.84 Å². The van der Waals surface area contributed by atoms with E-state index >= 15 is 0 Å². The van der Waals surface area contributed by atoms with E-state index < -0.39 is 0 Å². The van der Waals surface area contributed by atoms with Crippen molar-refractivity contribution in [2.75, 3.05) is 7.11 Å². The second-order valence-corrected chi connectivity index (χ2v) is 5.46. The molecule has 0 aliphatic rings. The summed E-state index contributed by atoms with van der Waals surface area (Å²) in [5.41, 5.74) is 2.80. The molecular weight excluding hydrogens is 332 g/mol. The van der Waals surface area contributed by atoms with Crippen molar-refractivity contribution in [3.05, 3.63) is 46.6 Å². The van der Waals surface area contributed by atoms with Gasteiger partial charge in [-0.25, -0.2) is 0 Å². The summed E-state index contributed by atoms with van der Waals surface area (Å²) >= 11 is 3.45. The number of hydrogen-bond donors (Lipinski definition) is 2. The minimum atomic E-state index is 0.0100. The fourth-order valence-corrected chi connectivity index (χ4v) is 2.80. The van der Waals surface area contributed by atoms with E-state index in [2.05, 4.69) is 27.0 Å². The molecule has 0 saturated carbocycles. The molecule has 0 unspecified atom stereocenters. The van der Waals surface area contributed by atoms with Crippen molar-refractivity contribution in [1.82, 2.24) is 4.98 Å². The van der Waals surface area contributed by atoms with E-state index in [1.165, 1.54) is 13.2 Å². The van der Waals surface area contributed by atoms with E-state index in [0.29, 0.717) is 16.9 Å². The van der Waals surface area contributed by atoms with Crippen molar-refractivity contribution in [3.63, 3.8) is 0 Å². The van der Waals surface area contributed by atoms with Gasteiger partial charge in [0.2, 0.25) is 0 Å². The van der Waals surface area contributed by atoms with Crippen LogP contribution in [-0.2, 0) is 0 Å². The number of H-pyrrole nitrogens is 1. The number of aromatic hydroxyl groups is 1. The topological polar surface area (TPSA) is 69.0 Å². The van der Waals surface area contributed by atoms with Crippen molar-refractivity contribution in [1.29, 1.82) is 5.26 Å². The first kappa shape index (κ1) is 13.5. The van der Waals surface area contributed by atoms with E-state index in [1.807, 2.05) is 24.4 Å². The van der Waals surface area contributed by atoms with Crippen LogP contribution in [0.15, 0.2) is 41.0 Å². The molecule has 2 N–H and O–H groups in total. The summed E-state index contributed by atoms with van der Waals surface area (Å²) in [6.45, 7) is 0. The van der Waals surface area contributed by atoms with E-state index in [-0.39, 0.29) is 5.75 Å². The van der Waals surface area contributed by atoms with Gasteiger partial charge in [0.25, 0.3) is 0 Å². The van der Waals surface area contributed by atoms with Crippen LogP contribution in [0.1, 0.15) is 5.56 Å². The van der Waals surface area contributed by atoms with Gasteiger partial charge in [-0.2, -0.15) is 5.26 Å². The molecule has 0 aliphatic carbocycles. The SMILES string of the molecule is COc1c(O)ccc(C#N)c1-c1c[nH]c2ccc(Br)cc12. The van der Waals surface area contributed by atoms with Gasteiger partial charge in [-0.05, 0) is 30.3 Å². The Labute approximate surface area is 129 Å². The second-order valence-electron chi connectivity index (χ2n) is 4.54. The number of nitriles is 1. The smallest absolute Gasteiger partial charge is 0.169 e. The molecule has 1 aromatic heterocycles. The number of phenolic OH excluding ortho intramolecular Hbond substituents is 1. The molecule has 0 amide bonds. The van der Waals surface area contributed by atoms with Crippen LogP contribution in [0.2, 0.25) is 0 Å². The van der Waals surface area contributed by atoms with E-state index in [9.17, 15) is 10.4 Å². The Bertz CT molecular complexity index is 878. The third-order valence-electron chi connectivity index (χ3n) is 3.37. The van der Waals surface area contributed by atoms with Crippen molar-refractivity contribution >= 4 is 26.8 Å². The lowest BCUT2D eigenvalue weighted by molar-refractivity contribution is 0.375. The van der Waals surface area contributed by atoms with Gasteiger partial charge in [0.15, 0.2) is 11.5 Å². The van der Waals surface area contributed by atoms with E-state index in [4.69, 9.17) is 4.74 Å². The third kappa shape index (κ3) is 2.14. The highest BCUT2D eigenvalue weighted by Crippen LogP contribution is 2.42. The molecule has 1 heterocycles. The first-order chi connectivity index (χ1) is 10.2. The van der Waals surface area contributed by atoms with Crippen molar-refractivity contribution in [2.24, 2.45) is 0 Å². The average Bonchev–Trinajstić information content (AvgIpc) is 2.89. The van der Waals surface area contributed by atoms with Crippen LogP contribution in [0.3, 0.4) is 0 Å². The number of aromatic nitrogens is 1. The average molecular weight is 343 g/mol. The van der Waals surface area contributed by atoms with Gasteiger partial charge < -0.3 is 14.8 Å². The van der Waals surface area contributed by atoms with Gasteiger partial charge in [0.05, 0.1) is 18.7 Å². The molecule has 4 nitrogen and oxygen atoms in total. The van der Waals surface area contributed by atoms with Crippen LogP contribution < -0.4 is 4.74 Å². The van der Waals surface area contributed by atoms with Gasteiger partial charge in [-0.15, -0.1) is 0 Å². The van der Waals surface area contributed by atoms with E-state index in [0.717, 1.165) is 20.9 Å². The highest BCUT2D eigenvalue weighted by atomic mass is 79.9. The van der Waals surface area contributed by atoms with Gasteiger partial charge in [-0.1, -0.05) is 15.9 Å². The number of fused-ring (bicyclic) bond motifs is 1. The highest BCUT2D eigenvalue weighted by molar-refractivity contribution is 9.10. The highest BCUT2D eigenvalue weighted by Gasteiger charge is 2.18. The Kier molecular flexibility index (Phi) is 3.32. The number of benzene rings is 2. The largest absolute Gasteiger partial charge is 0.504 e. The number of ether oxygens (including phenoxy) is 1. The number of phenols is 1. The lowest BCUT2D eigenvalue weighted by Gasteiger charge is -2.11. The number of nitrogens with one attached hydrogen (secondary N) is 1. The quantitative estimate of drug-likeness (QED) is 0.733. The molecular formula is C16H11BrN2O2. The van der Waals surface area contributed by atoms with Crippen LogP contribution in [0, 0.1) is 11.3 Å². The van der Waals surface area contributed by atoms with Crippen LogP contribution in [0.25, 0.3) is 22.0 Å². The zero-order valence-electron chi connectivity index (χ0n) is 11.1. The Balaban J connectivity index is 2.40. The lowest BCUT2D eigenvalue weighted by atomic mass is 9.98. The van der Waals surface area contributed by atoms with Gasteiger partial charge in [0, 0.05) is 32.7 Å². The normalized spacial score (nSPS) is 10.5. The predicted octanol–water partition coefficient (Wildman–Crippen LogP) is 4.18. The van der Waals surface area contributed by atoms with Crippen LogP contribution in [-0.4, -0.2) is 17.2 Å². The summed E-state index contributed by atoms with van der Waals surface area (Å²) in [5, 5.41) is 20.3. The van der Waals surface area contributed by atoms with Crippen LogP contribution in [0.5, 0.6) is 11.5 Å². The maximum absolute atomic E-state index is 9.98. The zero-order chi connectivity index (χ0) is 15.0. The molecule has 21 heavy (non-hydrogen) atoms. The van der Waals surface area contributed by atoms with Crippen molar-refractivity contribution in [2.45, 2.75) is 0 Å². The summed E-state index contributed by atoms with van der Waals surface area (Å²) in [4.78, 5) is 3.17. The van der Waals surface area contributed by atoms with E-state index in [1.54, 1.807) is 6.07 Å². The Hall–Kier alpha value is -2.45. The van der Waals surface area contributed by atoms with Gasteiger partial charge >= 0.3 is 0 Å². The first-order valence-electron chi connectivity index (χ1n) is 6.22. The number of hydrogen-bond acceptors (Lipinski definition) is 3. The monoisotopic (exact) mass is 342 g/mol. The number of aromatic amines is 1. The fraction of sp³-hybridized carbons (Fsp3) is 0.0625. The maximum Gasteiger partial charge on any atom is 0.169 e. The molecule has 0 fully saturated rings. The molecule has 3 aromatic rings. The molecule has 104 valence electrons. The molecule has 0 aliphatic heterocycles. The van der Waals surface area contributed by atoms with Gasteiger partial charge in [-0.3, -0.25) is 0 Å². The van der Waals surface area contributed by atoms with Gasteiger partial charge in [0.1, 0.15) is 0 Å². The Morgan fingerprint density at radius 3 is 2.81 bits per heavy atom. The minimum Gasteiger partial charge on any atom is -0.504 e. The molecule has 0 spiro atoms. The standard InChI is InChI=1S/C16H11BrN2O2/c1-21-16-14(20)5-2-9(7-18)15(16)12-8-19-13-4-3-10(17)6-11(12)13/h2-6,8,19-20H,1H3. The summed E-state index contributed by atoms with van der Waals surface area (Å²) in [6.07, 6.45) is 1.81. The zero-order valence-corrected chi connectivity index (χ0v) is 12.7. The minimum absolute atomic E-state index is 0.0100. The second kappa shape index (κ2) is 5.15. The molecule has 0 atom stereocenters. The summed E-state index contributed by atoms with van der Waals surface area (Å²) in [5.74, 6) is 0.311. The number of halogens is 1. The molecule has 2 aromatic carbocycles. The Morgan fingerprint density at radius 1 is 1.29 bits per heavy atom. The number of methoxy groups -OCH3 is 1. The molecule has 0 bridgehead atoms. The Morgan fingerprint density at radius 2 is 2.10 bits per heavy atom. The third-order valence-corrected chi connectivity index (χ3v) is 3.87. The molecule has 5 heteroatoms. The molecule has 3 rings (SSSR count). The molecule has 0 saturated heterocycles. The summed E-state index contributed by atoms with van der Waals surface area (Å²) in [7, 11) is 1.48. The van der Waals surface area contributed by atoms with Crippen molar-refractivity contribution in [3.8, 4) is 28.7 Å². The lowest BCUT2D eigenvalue weighted by Crippen LogP contribution is -1.92. The predicted molar refractivity (Wildman–Crippen MR) is 84.4 cm³/mol. The number of nitrogens with zero attached hydrogens (tertiary/aromatic N) is 1. The maximum atomic E-state index is 9.98. The first-order valence-corrected chi connectivity index (χ1v) is 7.02. The number of rotatable bonds is 2.